The molecule has 1 unspecified atom stereocenters. The zero-order valence-corrected chi connectivity index (χ0v) is 10.9. The Morgan fingerprint density at radius 3 is 2.60 bits per heavy atom. The highest BCUT2D eigenvalue weighted by atomic mass is 19.1. The fourth-order valence-corrected chi connectivity index (χ4v) is 1.60. The molecule has 1 aromatic carbocycles. The van der Waals surface area contributed by atoms with Crippen molar-refractivity contribution in [3.8, 4) is 0 Å². The number of benzene rings is 1. The molecular formula is C13H15FN2O4. The number of halogens is 1. The monoisotopic (exact) mass is 282 g/mol. The Kier molecular flexibility index (Phi) is 5.19. The van der Waals surface area contributed by atoms with Crippen LogP contribution in [0.1, 0.15) is 28.8 Å². The number of hydrogen-bond acceptors (Lipinski definition) is 3. The number of carbonyl (C=O) groups excluding carboxylic acids is 2. The van der Waals surface area contributed by atoms with Gasteiger partial charge in [0, 0.05) is 6.42 Å². The van der Waals surface area contributed by atoms with Crippen LogP contribution in [-0.2, 0) is 9.59 Å². The quantitative estimate of drug-likeness (QED) is 0.709. The summed E-state index contributed by atoms with van der Waals surface area (Å²) in [5.74, 6) is -3.54. The van der Waals surface area contributed by atoms with Crippen molar-refractivity contribution < 1.29 is 23.9 Å². The van der Waals surface area contributed by atoms with Crippen LogP contribution in [0.25, 0.3) is 0 Å². The van der Waals surface area contributed by atoms with Crippen LogP contribution < -0.4 is 11.1 Å². The van der Waals surface area contributed by atoms with Gasteiger partial charge >= 0.3 is 5.97 Å². The van der Waals surface area contributed by atoms with E-state index in [4.69, 9.17) is 10.8 Å². The molecule has 0 radical (unpaired) electrons. The van der Waals surface area contributed by atoms with E-state index in [1.807, 2.05) is 0 Å². The summed E-state index contributed by atoms with van der Waals surface area (Å²) in [5.41, 5.74) is 4.96. The molecule has 0 aliphatic heterocycles. The van der Waals surface area contributed by atoms with Crippen molar-refractivity contribution in [3.63, 3.8) is 0 Å². The first-order valence-corrected chi connectivity index (χ1v) is 5.90. The molecule has 4 N–H and O–H groups in total. The summed E-state index contributed by atoms with van der Waals surface area (Å²) in [6.07, 6.45) is -0.336. The fourth-order valence-electron chi connectivity index (χ4n) is 1.60. The van der Waals surface area contributed by atoms with Crippen molar-refractivity contribution in [2.24, 2.45) is 5.73 Å². The van der Waals surface area contributed by atoms with E-state index < -0.39 is 29.6 Å². The van der Waals surface area contributed by atoms with Crippen molar-refractivity contribution in [1.82, 2.24) is 5.32 Å². The Morgan fingerprint density at radius 2 is 2.05 bits per heavy atom. The number of aliphatic carboxylic acids is 1. The second kappa shape index (κ2) is 6.65. The Bertz CT molecular complexity index is 545. The van der Waals surface area contributed by atoms with Gasteiger partial charge < -0.3 is 16.2 Å². The number of aryl methyl sites for hydroxylation is 1. The number of hydrogen-bond donors (Lipinski definition) is 3. The zero-order valence-electron chi connectivity index (χ0n) is 10.9. The molecule has 7 heteroatoms. The smallest absolute Gasteiger partial charge is 0.326 e. The van der Waals surface area contributed by atoms with Gasteiger partial charge in [-0.2, -0.15) is 0 Å². The first-order valence-electron chi connectivity index (χ1n) is 5.90. The van der Waals surface area contributed by atoms with Gasteiger partial charge in [-0.3, -0.25) is 9.59 Å². The highest BCUT2D eigenvalue weighted by molar-refractivity contribution is 5.97. The third-order valence-corrected chi connectivity index (χ3v) is 2.72. The van der Waals surface area contributed by atoms with E-state index in [1.165, 1.54) is 25.1 Å². The second-order valence-corrected chi connectivity index (χ2v) is 4.31. The lowest BCUT2D eigenvalue weighted by Gasteiger charge is -2.14. The number of carboxylic acid groups (broad SMARTS) is 1. The molecule has 0 bridgehead atoms. The number of primary amides is 1. The fraction of sp³-hybridized carbons (Fsp3) is 0.308. The maximum absolute atomic E-state index is 13.7. The van der Waals surface area contributed by atoms with Crippen LogP contribution in [0.3, 0.4) is 0 Å². The van der Waals surface area contributed by atoms with Crippen molar-refractivity contribution in [1.29, 1.82) is 0 Å². The van der Waals surface area contributed by atoms with Gasteiger partial charge in [-0.1, -0.05) is 12.1 Å². The van der Waals surface area contributed by atoms with Crippen LogP contribution in [0.15, 0.2) is 18.2 Å². The summed E-state index contributed by atoms with van der Waals surface area (Å²) in [7, 11) is 0. The van der Waals surface area contributed by atoms with Crippen molar-refractivity contribution in [2.45, 2.75) is 25.8 Å². The molecule has 0 saturated heterocycles. The highest BCUT2D eigenvalue weighted by Crippen LogP contribution is 2.12. The van der Waals surface area contributed by atoms with Gasteiger partial charge in [-0.05, 0) is 25.0 Å². The van der Waals surface area contributed by atoms with E-state index in [-0.39, 0.29) is 24.0 Å². The molecule has 0 aromatic heterocycles. The Morgan fingerprint density at radius 1 is 1.40 bits per heavy atom. The average molecular weight is 282 g/mol. The number of amides is 2. The molecule has 0 spiro atoms. The molecular weight excluding hydrogens is 267 g/mol. The largest absolute Gasteiger partial charge is 0.480 e. The Labute approximate surface area is 114 Å². The van der Waals surface area contributed by atoms with Gasteiger partial charge in [0.15, 0.2) is 0 Å². The summed E-state index contributed by atoms with van der Waals surface area (Å²) < 4.78 is 13.7. The predicted octanol–water partition coefficient (Wildman–Crippen LogP) is 0.583. The van der Waals surface area contributed by atoms with Crippen LogP contribution >= 0.6 is 0 Å². The second-order valence-electron chi connectivity index (χ2n) is 4.31. The van der Waals surface area contributed by atoms with E-state index in [0.29, 0.717) is 0 Å². The minimum absolute atomic E-state index is 0.149. The molecule has 0 heterocycles. The van der Waals surface area contributed by atoms with Gasteiger partial charge in [0.1, 0.15) is 11.9 Å². The minimum Gasteiger partial charge on any atom is -0.480 e. The lowest BCUT2D eigenvalue weighted by molar-refractivity contribution is -0.139. The highest BCUT2D eigenvalue weighted by Gasteiger charge is 2.23. The third kappa shape index (κ3) is 4.04. The molecule has 0 saturated carbocycles. The van der Waals surface area contributed by atoms with Crippen molar-refractivity contribution in [3.05, 3.63) is 35.1 Å². The van der Waals surface area contributed by atoms with Gasteiger partial charge in [0.05, 0.1) is 5.56 Å². The predicted molar refractivity (Wildman–Crippen MR) is 68.5 cm³/mol. The number of nitrogens with one attached hydrogen (secondary N) is 1. The summed E-state index contributed by atoms with van der Waals surface area (Å²) in [5, 5.41) is 11.1. The van der Waals surface area contributed by atoms with Gasteiger partial charge in [0.25, 0.3) is 5.91 Å². The zero-order chi connectivity index (χ0) is 15.3. The van der Waals surface area contributed by atoms with E-state index in [2.05, 4.69) is 5.32 Å². The molecule has 20 heavy (non-hydrogen) atoms. The van der Waals surface area contributed by atoms with Crippen molar-refractivity contribution >= 4 is 17.8 Å². The summed E-state index contributed by atoms with van der Waals surface area (Å²) in [6, 6.07) is 2.94. The summed E-state index contributed by atoms with van der Waals surface area (Å²) >= 11 is 0. The van der Waals surface area contributed by atoms with Crippen molar-refractivity contribution in [2.75, 3.05) is 0 Å². The number of carboxylic acids is 1. The van der Waals surface area contributed by atoms with Crippen LogP contribution in [0.4, 0.5) is 4.39 Å². The standard InChI is InChI=1S/C13H15FN2O4/c1-7-3-2-4-8(11(7)14)12(18)16-9(13(19)20)5-6-10(15)17/h2-4,9H,5-6H2,1H3,(H2,15,17)(H,16,18)(H,19,20). The Hall–Kier alpha value is -2.44. The van der Waals surface area contributed by atoms with Crippen LogP contribution in [0, 0.1) is 12.7 Å². The topological polar surface area (TPSA) is 109 Å². The van der Waals surface area contributed by atoms with Crippen LogP contribution in [0.5, 0.6) is 0 Å². The minimum atomic E-state index is -1.31. The van der Waals surface area contributed by atoms with Crippen LogP contribution in [-0.4, -0.2) is 28.9 Å². The lowest BCUT2D eigenvalue weighted by atomic mass is 10.1. The molecule has 1 atom stereocenters. The maximum Gasteiger partial charge on any atom is 0.326 e. The van der Waals surface area contributed by atoms with E-state index >= 15 is 0 Å². The summed E-state index contributed by atoms with van der Waals surface area (Å²) in [6.45, 7) is 1.49. The SMILES string of the molecule is Cc1cccc(C(=O)NC(CCC(N)=O)C(=O)O)c1F. The number of nitrogens with two attached hydrogens (primary N) is 1. The summed E-state index contributed by atoms with van der Waals surface area (Å²) in [4.78, 5) is 33.5. The molecule has 6 nitrogen and oxygen atoms in total. The third-order valence-electron chi connectivity index (χ3n) is 2.72. The van der Waals surface area contributed by atoms with E-state index in [9.17, 15) is 18.8 Å². The van der Waals surface area contributed by atoms with Crippen LogP contribution in [0.2, 0.25) is 0 Å². The molecule has 0 aliphatic carbocycles. The van der Waals surface area contributed by atoms with E-state index in [0.717, 1.165) is 0 Å². The maximum atomic E-state index is 13.7. The molecule has 0 aliphatic rings. The molecule has 0 fully saturated rings. The molecule has 2 amide bonds. The first kappa shape index (κ1) is 15.6. The molecule has 1 rings (SSSR count). The number of rotatable bonds is 6. The van der Waals surface area contributed by atoms with E-state index in [1.54, 1.807) is 0 Å². The first-order chi connectivity index (χ1) is 9.32. The molecule has 108 valence electrons. The van der Waals surface area contributed by atoms with Gasteiger partial charge in [-0.25, -0.2) is 9.18 Å². The lowest BCUT2D eigenvalue weighted by Crippen LogP contribution is -2.41. The van der Waals surface area contributed by atoms with Gasteiger partial charge in [-0.15, -0.1) is 0 Å². The Balaban J connectivity index is 2.83. The average Bonchev–Trinajstić information content (AvgIpc) is 2.36. The van der Waals surface area contributed by atoms with Gasteiger partial charge in [0.2, 0.25) is 5.91 Å². The number of carbonyl (C=O) groups is 3. The molecule has 1 aromatic rings. The normalized spacial score (nSPS) is 11.7.